The Bertz CT molecular complexity index is 1240. The molecule has 46 heavy (non-hydrogen) atoms. The average molecular weight is 670 g/mol. The molecule has 3 aromatic carbocycles. The third-order valence-corrected chi connectivity index (χ3v) is 8.12. The molecule has 7 nitrogen and oxygen atoms in total. The quantitative estimate of drug-likeness (QED) is 0.103. The lowest BCUT2D eigenvalue weighted by atomic mass is 10.0. The predicted molar refractivity (Wildman–Crippen MR) is 196 cm³/mol. The van der Waals surface area contributed by atoms with Crippen LogP contribution in [0.4, 0.5) is 0 Å². The number of amides is 2. The Balaban J connectivity index is 0.000000682. The molecule has 4 rings (SSSR count). The van der Waals surface area contributed by atoms with Crippen molar-refractivity contribution in [3.63, 3.8) is 0 Å². The first kappa shape index (κ1) is 41.2. The zero-order valence-electron chi connectivity index (χ0n) is 28.6. The Morgan fingerprint density at radius 2 is 1.48 bits per heavy atom. The van der Waals surface area contributed by atoms with Crippen molar-refractivity contribution in [2.75, 3.05) is 13.1 Å². The summed E-state index contributed by atoms with van der Waals surface area (Å²) >= 11 is 2.15. The third-order valence-electron chi connectivity index (χ3n) is 6.59. The van der Waals surface area contributed by atoms with Gasteiger partial charge in [-0.3, -0.25) is 14.3 Å². The summed E-state index contributed by atoms with van der Waals surface area (Å²) in [5.41, 5.74) is 4.11. The molecule has 5 N–H and O–H groups in total. The molecule has 1 aliphatic carbocycles. The summed E-state index contributed by atoms with van der Waals surface area (Å²) in [6, 6.07) is 25.1. The van der Waals surface area contributed by atoms with E-state index in [-0.39, 0.29) is 29.0 Å². The lowest BCUT2D eigenvalue weighted by Gasteiger charge is -2.23. The molecular weight excluding hydrogens is 615 g/mol. The molecule has 0 saturated heterocycles. The van der Waals surface area contributed by atoms with Gasteiger partial charge < -0.3 is 20.3 Å². The monoisotopic (exact) mass is 669 g/mol. The van der Waals surface area contributed by atoms with Gasteiger partial charge in [-0.15, -0.1) is 0 Å². The Morgan fingerprint density at radius 3 is 2.02 bits per heavy atom. The lowest BCUT2D eigenvalue weighted by Crippen LogP contribution is -2.38. The van der Waals surface area contributed by atoms with E-state index < -0.39 is 6.10 Å². The maximum Gasteiger partial charge on any atom is 0.251 e. The van der Waals surface area contributed by atoms with Crippen LogP contribution < -0.4 is 15.4 Å². The average Bonchev–Trinajstić information content (AvgIpc) is 3.40. The number of carbonyl (C=O) groups excluding carboxylic acids is 2. The molecule has 4 unspecified atom stereocenters. The van der Waals surface area contributed by atoms with Crippen molar-refractivity contribution in [1.82, 2.24) is 15.4 Å². The molecule has 0 spiro atoms. The van der Waals surface area contributed by atoms with Gasteiger partial charge in [-0.2, -0.15) is 0 Å². The zero-order valence-corrected chi connectivity index (χ0v) is 30.2. The molecule has 0 bridgehead atoms. The van der Waals surface area contributed by atoms with Crippen LogP contribution in [0.2, 0.25) is 0 Å². The van der Waals surface area contributed by atoms with Crippen LogP contribution in [0.1, 0.15) is 93.9 Å². The molecule has 0 saturated carbocycles. The number of carbonyl (C=O) groups is 2. The third kappa shape index (κ3) is 15.6. The van der Waals surface area contributed by atoms with Crippen LogP contribution in [0, 0.1) is 12.8 Å². The van der Waals surface area contributed by atoms with Crippen LogP contribution in [0.3, 0.4) is 0 Å². The fourth-order valence-electron chi connectivity index (χ4n) is 4.41. The van der Waals surface area contributed by atoms with E-state index in [1.807, 2.05) is 61.5 Å². The Hall–Kier alpha value is -2.82. The number of aryl methyl sites for hydroxylation is 1. The van der Waals surface area contributed by atoms with E-state index in [1.54, 1.807) is 19.1 Å². The van der Waals surface area contributed by atoms with E-state index in [0.29, 0.717) is 31.5 Å². The van der Waals surface area contributed by atoms with Crippen molar-refractivity contribution in [3.8, 4) is 0 Å². The van der Waals surface area contributed by atoms with Crippen molar-refractivity contribution in [3.05, 3.63) is 101 Å². The highest BCUT2D eigenvalue weighted by atomic mass is 32.2. The van der Waals surface area contributed by atoms with Gasteiger partial charge in [-0.1, -0.05) is 108 Å². The second kappa shape index (κ2) is 24.4. The van der Waals surface area contributed by atoms with Gasteiger partial charge in [-0.05, 0) is 86.1 Å². The number of hydrogen-bond acceptors (Lipinski definition) is 7. The maximum absolute atomic E-state index is 12.8. The van der Waals surface area contributed by atoms with Crippen molar-refractivity contribution in [2.24, 2.45) is 5.92 Å². The zero-order chi connectivity index (χ0) is 34.3. The molecule has 0 aliphatic heterocycles. The molecule has 0 aromatic heterocycles. The highest BCUT2D eigenvalue weighted by Crippen LogP contribution is 2.37. The van der Waals surface area contributed by atoms with Crippen LogP contribution in [0.15, 0.2) is 83.8 Å². The van der Waals surface area contributed by atoms with E-state index in [2.05, 4.69) is 62.1 Å². The minimum Gasteiger partial charge on any atom is -0.392 e. The van der Waals surface area contributed by atoms with Crippen molar-refractivity contribution < 1.29 is 19.2 Å². The summed E-state index contributed by atoms with van der Waals surface area (Å²) < 4.78 is 12.8. The Kier molecular flexibility index (Phi) is 21.8. The molecule has 3 aromatic rings. The van der Waals surface area contributed by atoms with Crippen LogP contribution in [0.5, 0.6) is 0 Å². The molecule has 1 aliphatic rings. The molecule has 0 fully saturated rings. The summed E-state index contributed by atoms with van der Waals surface area (Å²) in [5, 5.41) is 16.1. The van der Waals surface area contributed by atoms with E-state index in [1.165, 1.54) is 30.4 Å². The van der Waals surface area contributed by atoms with Gasteiger partial charge in [0, 0.05) is 29.5 Å². The first-order valence-corrected chi connectivity index (χ1v) is 18.0. The molecule has 254 valence electrons. The highest BCUT2D eigenvalue weighted by Gasteiger charge is 2.34. The summed E-state index contributed by atoms with van der Waals surface area (Å²) in [4.78, 5) is 25.5. The second-order valence-corrected chi connectivity index (χ2v) is 13.0. The molecule has 9 heteroatoms. The first-order valence-electron chi connectivity index (χ1n) is 16.3. The fraction of sp³-hybridized carbons (Fsp3) is 0.459. The molecule has 4 atom stereocenters. The van der Waals surface area contributed by atoms with Crippen LogP contribution >= 0.6 is 24.0 Å². The summed E-state index contributed by atoms with van der Waals surface area (Å²) in [7, 11) is 0. The van der Waals surface area contributed by atoms with Crippen LogP contribution in [-0.2, 0) is 11.2 Å². The fourth-order valence-corrected chi connectivity index (χ4v) is 5.72. The van der Waals surface area contributed by atoms with Crippen LogP contribution in [0.25, 0.3) is 0 Å². The minimum atomic E-state index is -0.688. The SMILES string of the molecule is CCC.CCC.CCNC(=O)c1ccc(SNCC(O)CC(C)C(=O)NC2c3ccccc3CC2SO)cc1.Cc1ccccc1. The van der Waals surface area contributed by atoms with Gasteiger partial charge in [0.25, 0.3) is 5.91 Å². The van der Waals surface area contributed by atoms with E-state index in [9.17, 15) is 19.2 Å². The molecule has 0 radical (unpaired) electrons. The number of hydrogen-bond donors (Lipinski definition) is 5. The number of benzene rings is 3. The Morgan fingerprint density at radius 1 is 0.891 bits per heavy atom. The molecule has 2 amide bonds. The smallest absolute Gasteiger partial charge is 0.251 e. The van der Waals surface area contributed by atoms with Crippen LogP contribution in [-0.4, -0.2) is 45.9 Å². The number of nitrogens with one attached hydrogen (secondary N) is 3. The summed E-state index contributed by atoms with van der Waals surface area (Å²) in [6.45, 7) is 15.2. The normalized spacial score (nSPS) is 15.7. The number of aliphatic hydroxyl groups excluding tert-OH is 1. The first-order chi connectivity index (χ1) is 22.1. The lowest BCUT2D eigenvalue weighted by molar-refractivity contribution is -0.126. The molecule has 0 heterocycles. The van der Waals surface area contributed by atoms with Crippen molar-refractivity contribution >= 4 is 35.8 Å². The van der Waals surface area contributed by atoms with Gasteiger partial charge in [-0.25, -0.2) is 0 Å². The number of fused-ring (bicyclic) bond motifs is 1. The summed E-state index contributed by atoms with van der Waals surface area (Å²) in [5.74, 6) is -0.613. The van der Waals surface area contributed by atoms with E-state index in [0.717, 1.165) is 28.1 Å². The van der Waals surface area contributed by atoms with Crippen molar-refractivity contribution in [1.29, 1.82) is 0 Å². The second-order valence-electron chi connectivity index (χ2n) is 11.2. The van der Waals surface area contributed by atoms with Gasteiger partial charge in [0.2, 0.25) is 5.91 Å². The molecular formula is C37H55N3O4S2. The topological polar surface area (TPSA) is 111 Å². The van der Waals surface area contributed by atoms with Gasteiger partial charge in [0.1, 0.15) is 0 Å². The van der Waals surface area contributed by atoms with Gasteiger partial charge in [0.15, 0.2) is 0 Å². The van der Waals surface area contributed by atoms with E-state index in [4.69, 9.17) is 0 Å². The minimum absolute atomic E-state index is 0.102. The predicted octanol–water partition coefficient (Wildman–Crippen LogP) is 8.24. The van der Waals surface area contributed by atoms with E-state index >= 15 is 0 Å². The standard InChI is InChI=1S/C24H31N3O4S2.C7H8.2C3H8/c1-3-25-24(30)16-8-10-19(11-9-16)32-26-14-18(28)12-15(2)23(29)27-22-20-7-5-4-6-17(20)13-21(22)33-31;1-7-5-3-2-4-6-7;2*1-3-2/h4-11,15,18,21-22,26,28,31H,3,12-14H2,1-2H3,(H,25,30)(H,27,29);2-6H,1H3;2*3H2,1-2H3. The van der Waals surface area contributed by atoms with Crippen molar-refractivity contribution in [2.45, 2.75) is 96.4 Å². The van der Waals surface area contributed by atoms with Gasteiger partial charge >= 0.3 is 0 Å². The summed E-state index contributed by atoms with van der Waals surface area (Å²) in [6.07, 6.45) is 2.85. The van der Waals surface area contributed by atoms with Gasteiger partial charge in [0.05, 0.1) is 17.4 Å². The highest BCUT2D eigenvalue weighted by molar-refractivity contribution is 7.97. The number of rotatable bonds is 11. The maximum atomic E-state index is 12.8. The Labute approximate surface area is 286 Å². The largest absolute Gasteiger partial charge is 0.392 e. The number of aliphatic hydroxyl groups is 1.